The zero-order valence-electron chi connectivity index (χ0n) is 8.92. The molecule has 0 aromatic carbocycles. The van der Waals surface area contributed by atoms with Crippen molar-refractivity contribution in [2.75, 3.05) is 31.9 Å². The first kappa shape index (κ1) is 11.1. The lowest BCUT2D eigenvalue weighted by molar-refractivity contribution is 0.235. The predicted octanol–water partition coefficient (Wildman–Crippen LogP) is 0.401. The molecule has 2 heterocycles. The van der Waals surface area contributed by atoms with Crippen LogP contribution in [0.4, 0.5) is 4.79 Å². The molecule has 0 aromatic heterocycles. The van der Waals surface area contributed by atoms with Crippen LogP contribution in [0, 0.1) is 5.92 Å². The number of amides is 2. The van der Waals surface area contributed by atoms with Crippen molar-refractivity contribution in [1.82, 2.24) is 16.0 Å². The number of nitrogens with one attached hydrogen (secondary N) is 3. The van der Waals surface area contributed by atoms with E-state index in [9.17, 15) is 4.79 Å². The molecule has 1 unspecified atom stereocenters. The van der Waals surface area contributed by atoms with Gasteiger partial charge in [0.05, 0.1) is 0 Å². The molecule has 0 bridgehead atoms. The van der Waals surface area contributed by atoms with Crippen molar-refractivity contribution < 1.29 is 4.79 Å². The number of rotatable bonds is 4. The quantitative estimate of drug-likeness (QED) is 0.654. The molecule has 0 aliphatic carbocycles. The maximum absolute atomic E-state index is 11.4. The fourth-order valence-corrected chi connectivity index (χ4v) is 3.01. The lowest BCUT2D eigenvalue weighted by Crippen LogP contribution is -2.50. The summed E-state index contributed by atoms with van der Waals surface area (Å²) in [5.74, 6) is 1.89. The minimum Gasteiger partial charge on any atom is -0.338 e. The number of thioether (sulfide) groups is 1. The molecular weight excluding hydrogens is 210 g/mol. The fourth-order valence-electron chi connectivity index (χ4n) is 1.80. The van der Waals surface area contributed by atoms with E-state index in [2.05, 4.69) is 16.0 Å². The molecule has 2 fully saturated rings. The molecular formula is C10H19N3OS. The molecule has 1 atom stereocenters. The van der Waals surface area contributed by atoms with Crippen LogP contribution in [0.15, 0.2) is 0 Å². The summed E-state index contributed by atoms with van der Waals surface area (Å²) >= 11 is 1.97. The van der Waals surface area contributed by atoms with Crippen molar-refractivity contribution >= 4 is 17.8 Å². The maximum Gasteiger partial charge on any atom is 0.314 e. The van der Waals surface area contributed by atoms with E-state index in [4.69, 9.17) is 0 Å². The highest BCUT2D eigenvalue weighted by atomic mass is 32.2. The molecule has 15 heavy (non-hydrogen) atoms. The van der Waals surface area contributed by atoms with Gasteiger partial charge in [-0.2, -0.15) is 11.8 Å². The Hall–Kier alpha value is -0.420. The van der Waals surface area contributed by atoms with Crippen LogP contribution < -0.4 is 16.0 Å². The highest BCUT2D eigenvalue weighted by Crippen LogP contribution is 2.25. The monoisotopic (exact) mass is 229 g/mol. The first-order valence-corrected chi connectivity index (χ1v) is 6.73. The van der Waals surface area contributed by atoms with Gasteiger partial charge in [0.25, 0.3) is 0 Å². The highest BCUT2D eigenvalue weighted by Gasteiger charge is 2.18. The number of carbonyl (C=O) groups is 1. The summed E-state index contributed by atoms with van der Waals surface area (Å²) in [5.41, 5.74) is 0. The zero-order valence-corrected chi connectivity index (χ0v) is 9.74. The molecule has 4 nitrogen and oxygen atoms in total. The summed E-state index contributed by atoms with van der Waals surface area (Å²) in [4.78, 5) is 11.4. The fraction of sp³-hybridized carbons (Fsp3) is 0.900. The van der Waals surface area contributed by atoms with E-state index >= 15 is 0 Å². The Balaban J connectivity index is 1.51. The van der Waals surface area contributed by atoms with Gasteiger partial charge in [-0.05, 0) is 18.6 Å². The van der Waals surface area contributed by atoms with Gasteiger partial charge in [0, 0.05) is 37.3 Å². The number of hydrogen-bond acceptors (Lipinski definition) is 3. The Morgan fingerprint density at radius 1 is 1.33 bits per heavy atom. The smallest absolute Gasteiger partial charge is 0.314 e. The largest absolute Gasteiger partial charge is 0.338 e. The van der Waals surface area contributed by atoms with Gasteiger partial charge in [0.1, 0.15) is 0 Å². The maximum atomic E-state index is 11.4. The van der Waals surface area contributed by atoms with Crippen LogP contribution in [0.1, 0.15) is 12.8 Å². The molecule has 0 saturated carbocycles. The molecule has 86 valence electrons. The SMILES string of the molecule is O=C(NCC1CNC1)NCC1CCCS1. The number of hydrogen-bond donors (Lipinski definition) is 3. The molecule has 0 aromatic rings. The minimum absolute atomic E-state index is 0.00519. The zero-order chi connectivity index (χ0) is 10.5. The van der Waals surface area contributed by atoms with Crippen LogP contribution in [0.25, 0.3) is 0 Å². The van der Waals surface area contributed by atoms with Crippen molar-refractivity contribution in [2.45, 2.75) is 18.1 Å². The second kappa shape index (κ2) is 5.61. The average molecular weight is 229 g/mol. The van der Waals surface area contributed by atoms with Crippen LogP contribution in [0.5, 0.6) is 0 Å². The molecule has 2 amide bonds. The Kier molecular flexibility index (Phi) is 4.14. The van der Waals surface area contributed by atoms with Gasteiger partial charge in [-0.15, -0.1) is 0 Å². The molecule has 2 rings (SSSR count). The molecule has 3 N–H and O–H groups in total. The third kappa shape index (κ3) is 3.57. The summed E-state index contributed by atoms with van der Waals surface area (Å²) < 4.78 is 0. The molecule has 0 spiro atoms. The summed E-state index contributed by atoms with van der Waals surface area (Å²) in [6.45, 7) is 3.70. The standard InChI is InChI=1S/C10H19N3OS/c14-10(12-6-8-4-11-5-8)13-7-9-2-1-3-15-9/h8-9,11H,1-7H2,(H2,12,13,14). The van der Waals surface area contributed by atoms with E-state index in [1.165, 1.54) is 18.6 Å². The molecule has 0 radical (unpaired) electrons. The van der Waals surface area contributed by atoms with Gasteiger partial charge >= 0.3 is 6.03 Å². The molecule has 2 aliphatic rings. The number of carbonyl (C=O) groups excluding carboxylic acids is 1. The van der Waals surface area contributed by atoms with Gasteiger partial charge in [-0.1, -0.05) is 0 Å². The van der Waals surface area contributed by atoms with Crippen molar-refractivity contribution in [3.8, 4) is 0 Å². The highest BCUT2D eigenvalue weighted by molar-refractivity contribution is 8.00. The van der Waals surface area contributed by atoms with E-state index in [0.717, 1.165) is 26.2 Å². The van der Waals surface area contributed by atoms with Crippen LogP contribution in [-0.4, -0.2) is 43.2 Å². The van der Waals surface area contributed by atoms with E-state index in [0.29, 0.717) is 11.2 Å². The summed E-state index contributed by atoms with van der Waals surface area (Å²) in [7, 11) is 0. The Bertz CT molecular complexity index is 215. The summed E-state index contributed by atoms with van der Waals surface area (Å²) in [5, 5.41) is 9.67. The first-order chi connectivity index (χ1) is 7.34. The van der Waals surface area contributed by atoms with Crippen molar-refractivity contribution in [3.63, 3.8) is 0 Å². The molecule has 5 heteroatoms. The van der Waals surface area contributed by atoms with E-state index in [1.807, 2.05) is 11.8 Å². The van der Waals surface area contributed by atoms with Crippen LogP contribution in [0.2, 0.25) is 0 Å². The van der Waals surface area contributed by atoms with Gasteiger partial charge in [-0.3, -0.25) is 0 Å². The predicted molar refractivity (Wildman–Crippen MR) is 63.2 cm³/mol. The normalized spacial score (nSPS) is 26.0. The Morgan fingerprint density at radius 2 is 2.13 bits per heavy atom. The Labute approximate surface area is 94.9 Å². The first-order valence-electron chi connectivity index (χ1n) is 5.68. The van der Waals surface area contributed by atoms with Gasteiger partial charge < -0.3 is 16.0 Å². The third-order valence-electron chi connectivity index (χ3n) is 2.93. The van der Waals surface area contributed by atoms with Crippen LogP contribution in [-0.2, 0) is 0 Å². The average Bonchev–Trinajstić information content (AvgIpc) is 2.64. The van der Waals surface area contributed by atoms with Crippen molar-refractivity contribution in [1.29, 1.82) is 0 Å². The van der Waals surface area contributed by atoms with E-state index in [1.54, 1.807) is 0 Å². The molecule has 2 saturated heterocycles. The number of urea groups is 1. The van der Waals surface area contributed by atoms with Gasteiger partial charge in [-0.25, -0.2) is 4.79 Å². The lowest BCUT2D eigenvalue weighted by atomic mass is 10.0. The van der Waals surface area contributed by atoms with Gasteiger partial charge in [0.15, 0.2) is 0 Å². The summed E-state index contributed by atoms with van der Waals surface area (Å²) in [6.07, 6.45) is 2.55. The van der Waals surface area contributed by atoms with E-state index < -0.39 is 0 Å². The Morgan fingerprint density at radius 3 is 2.73 bits per heavy atom. The van der Waals surface area contributed by atoms with E-state index in [-0.39, 0.29) is 6.03 Å². The van der Waals surface area contributed by atoms with Crippen molar-refractivity contribution in [3.05, 3.63) is 0 Å². The lowest BCUT2D eigenvalue weighted by Gasteiger charge is -2.27. The third-order valence-corrected chi connectivity index (χ3v) is 4.33. The molecule has 2 aliphatic heterocycles. The minimum atomic E-state index is -0.00519. The van der Waals surface area contributed by atoms with Crippen LogP contribution >= 0.6 is 11.8 Å². The second-order valence-corrected chi connectivity index (χ2v) is 5.66. The van der Waals surface area contributed by atoms with Crippen LogP contribution in [0.3, 0.4) is 0 Å². The van der Waals surface area contributed by atoms with Crippen molar-refractivity contribution in [2.24, 2.45) is 5.92 Å². The topological polar surface area (TPSA) is 53.2 Å². The second-order valence-electron chi connectivity index (χ2n) is 4.25. The summed E-state index contributed by atoms with van der Waals surface area (Å²) in [6, 6.07) is -0.00519. The van der Waals surface area contributed by atoms with Gasteiger partial charge in [0.2, 0.25) is 0 Å².